The summed E-state index contributed by atoms with van der Waals surface area (Å²) in [5.41, 5.74) is 0.680. The van der Waals surface area contributed by atoms with Gasteiger partial charge < -0.3 is 15.3 Å². The molecule has 6 heteroatoms. The SMILES string of the molecule is C[C@@H]1CC[C@H](O)[C@@H]([C@@H]2CCCN2C(=O)Nc2ccsc2Cl)C1. The van der Waals surface area contributed by atoms with Crippen LogP contribution < -0.4 is 5.32 Å². The topological polar surface area (TPSA) is 52.6 Å². The van der Waals surface area contributed by atoms with E-state index in [0.717, 1.165) is 38.6 Å². The first-order valence-corrected chi connectivity index (χ1v) is 9.30. The van der Waals surface area contributed by atoms with E-state index in [1.807, 2.05) is 16.3 Å². The lowest BCUT2D eigenvalue weighted by Crippen LogP contribution is -2.47. The van der Waals surface area contributed by atoms with Crippen molar-refractivity contribution in [2.45, 2.75) is 51.2 Å². The first kappa shape index (κ1) is 16.1. The number of nitrogens with one attached hydrogen (secondary N) is 1. The number of carbonyl (C=O) groups is 1. The third kappa shape index (κ3) is 3.26. The minimum Gasteiger partial charge on any atom is -0.393 e. The van der Waals surface area contributed by atoms with Gasteiger partial charge >= 0.3 is 6.03 Å². The molecule has 0 radical (unpaired) electrons. The van der Waals surface area contributed by atoms with E-state index in [1.165, 1.54) is 11.3 Å². The van der Waals surface area contributed by atoms with Crippen molar-refractivity contribution < 1.29 is 9.90 Å². The minimum atomic E-state index is -0.278. The van der Waals surface area contributed by atoms with E-state index in [-0.39, 0.29) is 24.1 Å². The van der Waals surface area contributed by atoms with Crippen LogP contribution in [0.1, 0.15) is 39.0 Å². The van der Waals surface area contributed by atoms with Crippen molar-refractivity contribution in [2.75, 3.05) is 11.9 Å². The van der Waals surface area contributed by atoms with E-state index in [2.05, 4.69) is 12.2 Å². The van der Waals surface area contributed by atoms with Gasteiger partial charge in [-0.3, -0.25) is 0 Å². The lowest BCUT2D eigenvalue weighted by molar-refractivity contribution is 0.0165. The molecule has 1 aromatic rings. The van der Waals surface area contributed by atoms with Crippen LogP contribution in [0.3, 0.4) is 0 Å². The van der Waals surface area contributed by atoms with Gasteiger partial charge in [-0.15, -0.1) is 11.3 Å². The maximum absolute atomic E-state index is 12.6. The summed E-state index contributed by atoms with van der Waals surface area (Å²) in [6, 6.07) is 1.89. The number of anilines is 1. The zero-order chi connectivity index (χ0) is 15.7. The van der Waals surface area contributed by atoms with Gasteiger partial charge in [0.2, 0.25) is 0 Å². The van der Waals surface area contributed by atoms with E-state index >= 15 is 0 Å². The average molecular weight is 343 g/mol. The highest BCUT2D eigenvalue weighted by Crippen LogP contribution is 2.37. The molecule has 1 aliphatic carbocycles. The van der Waals surface area contributed by atoms with Crippen LogP contribution in [0.25, 0.3) is 0 Å². The summed E-state index contributed by atoms with van der Waals surface area (Å²) in [6.45, 7) is 3.00. The third-order valence-electron chi connectivity index (χ3n) is 5.04. The number of thiophene rings is 1. The van der Waals surface area contributed by atoms with Gasteiger partial charge in [0, 0.05) is 18.5 Å². The van der Waals surface area contributed by atoms with Crippen molar-refractivity contribution in [1.29, 1.82) is 0 Å². The standard InChI is InChI=1S/C16H23ClN2O2S/c1-10-4-5-14(20)11(9-10)13-3-2-7-19(13)16(21)18-12-6-8-22-15(12)17/h6,8,10-11,13-14,20H,2-5,7,9H2,1H3,(H,18,21)/t10-,11-,13+,14+/m1/s1. The molecule has 22 heavy (non-hydrogen) atoms. The first-order chi connectivity index (χ1) is 10.6. The van der Waals surface area contributed by atoms with E-state index < -0.39 is 0 Å². The molecule has 0 bridgehead atoms. The number of aliphatic hydroxyl groups excluding tert-OH is 1. The molecule has 1 aliphatic heterocycles. The van der Waals surface area contributed by atoms with E-state index in [4.69, 9.17) is 11.6 Å². The monoisotopic (exact) mass is 342 g/mol. The summed E-state index contributed by atoms with van der Waals surface area (Å²) < 4.78 is 0.607. The van der Waals surface area contributed by atoms with Crippen LogP contribution in [0.2, 0.25) is 4.34 Å². The van der Waals surface area contributed by atoms with Crippen LogP contribution in [0.15, 0.2) is 11.4 Å². The van der Waals surface area contributed by atoms with Gasteiger partial charge in [-0.05, 0) is 49.5 Å². The maximum Gasteiger partial charge on any atom is 0.322 e. The summed E-state index contributed by atoms with van der Waals surface area (Å²) >= 11 is 7.47. The number of likely N-dealkylation sites (tertiary alicyclic amines) is 1. The highest BCUT2D eigenvalue weighted by molar-refractivity contribution is 7.15. The second-order valence-corrected chi connectivity index (χ2v) is 8.11. The molecule has 122 valence electrons. The van der Waals surface area contributed by atoms with Crippen molar-refractivity contribution in [1.82, 2.24) is 4.90 Å². The fourth-order valence-corrected chi connectivity index (χ4v) is 4.72. The van der Waals surface area contributed by atoms with Crippen molar-refractivity contribution in [3.63, 3.8) is 0 Å². The highest BCUT2D eigenvalue weighted by atomic mass is 35.5. The summed E-state index contributed by atoms with van der Waals surface area (Å²) in [7, 11) is 0. The number of carbonyl (C=O) groups excluding carboxylic acids is 1. The molecule has 0 unspecified atom stereocenters. The van der Waals surface area contributed by atoms with Crippen molar-refractivity contribution in [3.8, 4) is 0 Å². The molecule has 4 nitrogen and oxygen atoms in total. The van der Waals surface area contributed by atoms with Crippen molar-refractivity contribution >= 4 is 34.7 Å². The Bertz CT molecular complexity index is 536. The summed E-state index contributed by atoms with van der Waals surface area (Å²) in [5, 5.41) is 15.1. The van der Waals surface area contributed by atoms with Gasteiger partial charge in [0.1, 0.15) is 4.34 Å². The van der Waals surface area contributed by atoms with Crippen LogP contribution >= 0.6 is 22.9 Å². The van der Waals surface area contributed by atoms with Crippen LogP contribution in [0, 0.1) is 11.8 Å². The number of hydrogen-bond acceptors (Lipinski definition) is 3. The predicted molar refractivity (Wildman–Crippen MR) is 90.6 cm³/mol. The Morgan fingerprint density at radius 3 is 3.00 bits per heavy atom. The molecular formula is C16H23ClN2O2S. The fraction of sp³-hybridized carbons (Fsp3) is 0.688. The van der Waals surface area contributed by atoms with Crippen LogP contribution in [-0.2, 0) is 0 Å². The van der Waals surface area contributed by atoms with Crippen LogP contribution in [0.4, 0.5) is 10.5 Å². The second kappa shape index (κ2) is 6.77. The zero-order valence-corrected chi connectivity index (χ0v) is 14.4. The quantitative estimate of drug-likeness (QED) is 0.846. The number of urea groups is 1. The molecule has 1 aromatic heterocycles. The molecule has 2 N–H and O–H groups in total. The molecule has 1 saturated carbocycles. The molecule has 2 amide bonds. The smallest absolute Gasteiger partial charge is 0.322 e. The number of amides is 2. The number of aliphatic hydroxyl groups is 1. The fourth-order valence-electron chi connectivity index (χ4n) is 3.88. The Morgan fingerprint density at radius 2 is 2.27 bits per heavy atom. The number of nitrogens with zero attached hydrogens (tertiary/aromatic N) is 1. The zero-order valence-electron chi connectivity index (χ0n) is 12.8. The van der Waals surface area contributed by atoms with Crippen molar-refractivity contribution in [2.24, 2.45) is 11.8 Å². The normalized spacial score (nSPS) is 32.2. The Kier molecular flexibility index (Phi) is 4.95. The third-order valence-corrected chi connectivity index (χ3v) is 6.21. The lowest BCUT2D eigenvalue weighted by atomic mass is 9.76. The van der Waals surface area contributed by atoms with Gasteiger partial charge in [0.25, 0.3) is 0 Å². The molecule has 3 rings (SSSR count). The molecule has 2 heterocycles. The summed E-state index contributed by atoms with van der Waals surface area (Å²) in [6.07, 6.45) is 4.66. The maximum atomic E-state index is 12.6. The Labute approximate surface area is 140 Å². The molecule has 0 spiro atoms. The van der Waals surface area contributed by atoms with E-state index in [9.17, 15) is 9.90 Å². The van der Waals surface area contributed by atoms with Gasteiger partial charge in [-0.1, -0.05) is 18.5 Å². The highest BCUT2D eigenvalue weighted by Gasteiger charge is 2.40. The number of halogens is 1. The predicted octanol–water partition coefficient (Wildman–Crippen LogP) is 4.19. The van der Waals surface area contributed by atoms with Gasteiger partial charge in [-0.25, -0.2) is 4.79 Å². The van der Waals surface area contributed by atoms with Crippen LogP contribution in [-0.4, -0.2) is 34.7 Å². The molecular weight excluding hydrogens is 320 g/mol. The average Bonchev–Trinajstić information content (AvgIpc) is 3.11. The minimum absolute atomic E-state index is 0.0896. The number of hydrogen-bond donors (Lipinski definition) is 2. The number of rotatable bonds is 2. The Hall–Kier alpha value is -0.780. The molecule has 2 aliphatic rings. The van der Waals surface area contributed by atoms with Crippen molar-refractivity contribution in [3.05, 3.63) is 15.8 Å². The summed E-state index contributed by atoms with van der Waals surface area (Å²) in [4.78, 5) is 14.5. The van der Waals surface area contributed by atoms with Gasteiger partial charge in [0.15, 0.2) is 0 Å². The molecule has 0 aromatic carbocycles. The second-order valence-electron chi connectivity index (χ2n) is 6.59. The first-order valence-electron chi connectivity index (χ1n) is 8.05. The molecule has 1 saturated heterocycles. The van der Waals surface area contributed by atoms with E-state index in [1.54, 1.807) is 0 Å². The molecule has 2 fully saturated rings. The van der Waals surface area contributed by atoms with Crippen LogP contribution in [0.5, 0.6) is 0 Å². The largest absolute Gasteiger partial charge is 0.393 e. The van der Waals surface area contributed by atoms with E-state index in [0.29, 0.717) is 15.9 Å². The van der Waals surface area contributed by atoms with Gasteiger partial charge in [0.05, 0.1) is 11.8 Å². The molecule has 4 atom stereocenters. The van der Waals surface area contributed by atoms with Gasteiger partial charge in [-0.2, -0.15) is 0 Å². The Balaban J connectivity index is 1.69. The summed E-state index contributed by atoms with van der Waals surface area (Å²) in [5.74, 6) is 0.833. The Morgan fingerprint density at radius 1 is 1.45 bits per heavy atom. The lowest BCUT2D eigenvalue weighted by Gasteiger charge is -2.39.